The Labute approximate surface area is 151 Å². The lowest BCUT2D eigenvalue weighted by molar-refractivity contribution is -0.137. The quantitative estimate of drug-likeness (QED) is 0.583. The van der Waals surface area contributed by atoms with Crippen molar-refractivity contribution >= 4 is 27.9 Å². The van der Waals surface area contributed by atoms with Crippen LogP contribution in [-0.2, 0) is 19.8 Å². The average molecular weight is 373 g/mol. The normalized spacial score (nSPS) is 12.1. The summed E-state index contributed by atoms with van der Waals surface area (Å²) in [6.45, 7) is 0.188. The number of aryl methyl sites for hydroxylation is 1. The van der Waals surface area contributed by atoms with E-state index in [0.717, 1.165) is 23.0 Å². The molecular weight excluding hydrogens is 359 g/mol. The number of alkyl halides is 3. The Morgan fingerprint density at radius 2 is 1.93 bits per heavy atom. The first-order valence-electron chi connectivity index (χ1n) is 8.09. The Kier molecular flexibility index (Phi) is 3.73. The number of benzene rings is 2. The average Bonchev–Trinajstić information content (AvgIpc) is 3.11. The molecule has 0 aliphatic carbocycles. The number of carboxylic acid groups (broad SMARTS) is 1. The molecule has 0 spiro atoms. The van der Waals surface area contributed by atoms with Gasteiger partial charge in [-0.15, -0.1) is 0 Å². The maximum absolute atomic E-state index is 13.0. The van der Waals surface area contributed by atoms with Gasteiger partial charge < -0.3 is 9.67 Å². The van der Waals surface area contributed by atoms with Gasteiger partial charge >= 0.3 is 12.1 Å². The molecule has 138 valence electrons. The number of hydrogen-bond donors (Lipinski definition) is 1. The highest BCUT2D eigenvalue weighted by Gasteiger charge is 2.30. The molecule has 0 saturated carbocycles. The Morgan fingerprint density at radius 1 is 1.15 bits per heavy atom. The molecule has 0 radical (unpaired) electrons. The van der Waals surface area contributed by atoms with Gasteiger partial charge in [0.1, 0.15) is 0 Å². The molecule has 0 aliphatic rings. The summed E-state index contributed by atoms with van der Waals surface area (Å²) in [5.74, 6) is -1.04. The number of aromatic nitrogens is 3. The van der Waals surface area contributed by atoms with E-state index in [0.29, 0.717) is 16.6 Å². The second kappa shape index (κ2) is 5.87. The van der Waals surface area contributed by atoms with Gasteiger partial charge in [-0.25, -0.2) is 4.79 Å². The minimum atomic E-state index is -4.41. The Bertz CT molecular complexity index is 1190. The van der Waals surface area contributed by atoms with Gasteiger partial charge in [0.15, 0.2) is 5.65 Å². The number of carboxylic acids is 1. The predicted octanol–water partition coefficient (Wildman–Crippen LogP) is 4.29. The van der Waals surface area contributed by atoms with Crippen molar-refractivity contribution in [1.29, 1.82) is 0 Å². The Balaban J connectivity index is 1.89. The second-order valence-electron chi connectivity index (χ2n) is 6.36. The van der Waals surface area contributed by atoms with E-state index in [4.69, 9.17) is 0 Å². The van der Waals surface area contributed by atoms with Crippen LogP contribution in [0, 0.1) is 0 Å². The highest BCUT2D eigenvalue weighted by Crippen LogP contribution is 2.32. The first kappa shape index (κ1) is 17.1. The highest BCUT2D eigenvalue weighted by atomic mass is 19.4. The summed E-state index contributed by atoms with van der Waals surface area (Å²) >= 11 is 0. The summed E-state index contributed by atoms with van der Waals surface area (Å²) in [6.07, 6.45) is -2.64. The van der Waals surface area contributed by atoms with Crippen molar-refractivity contribution in [2.24, 2.45) is 7.05 Å². The van der Waals surface area contributed by atoms with E-state index in [-0.39, 0.29) is 12.1 Å². The first-order valence-corrected chi connectivity index (χ1v) is 8.09. The number of aromatic carboxylic acids is 1. The molecule has 0 unspecified atom stereocenters. The van der Waals surface area contributed by atoms with Gasteiger partial charge in [-0.1, -0.05) is 12.1 Å². The van der Waals surface area contributed by atoms with Crippen molar-refractivity contribution in [1.82, 2.24) is 14.3 Å². The zero-order valence-corrected chi connectivity index (χ0v) is 14.2. The van der Waals surface area contributed by atoms with E-state index < -0.39 is 17.7 Å². The lowest BCUT2D eigenvalue weighted by atomic mass is 10.1. The summed E-state index contributed by atoms with van der Waals surface area (Å²) in [4.78, 5) is 11.3. The number of hydrogen-bond acceptors (Lipinski definition) is 2. The van der Waals surface area contributed by atoms with E-state index in [9.17, 15) is 23.1 Å². The largest absolute Gasteiger partial charge is 0.478 e. The van der Waals surface area contributed by atoms with Gasteiger partial charge in [-0.3, -0.25) is 4.68 Å². The molecule has 1 N–H and O–H groups in total. The summed E-state index contributed by atoms with van der Waals surface area (Å²) in [7, 11) is 1.74. The lowest BCUT2D eigenvalue weighted by Gasteiger charge is -2.10. The van der Waals surface area contributed by atoms with Crippen molar-refractivity contribution in [3.63, 3.8) is 0 Å². The third-order valence-electron chi connectivity index (χ3n) is 4.48. The minimum absolute atomic E-state index is 0.143. The molecule has 2 aromatic heterocycles. The van der Waals surface area contributed by atoms with E-state index in [2.05, 4.69) is 5.10 Å². The van der Waals surface area contributed by atoms with E-state index in [1.165, 1.54) is 12.1 Å². The van der Waals surface area contributed by atoms with Crippen LogP contribution in [0.3, 0.4) is 0 Å². The van der Waals surface area contributed by atoms with Gasteiger partial charge in [0.2, 0.25) is 0 Å². The molecule has 8 heteroatoms. The van der Waals surface area contributed by atoms with E-state index in [1.807, 2.05) is 0 Å². The van der Waals surface area contributed by atoms with E-state index in [1.54, 1.807) is 40.7 Å². The molecule has 2 heterocycles. The summed E-state index contributed by atoms with van der Waals surface area (Å²) in [6, 6.07) is 9.85. The molecule has 2 aromatic carbocycles. The van der Waals surface area contributed by atoms with Gasteiger partial charge in [0.05, 0.1) is 16.6 Å². The third-order valence-corrected chi connectivity index (χ3v) is 4.48. The fourth-order valence-electron chi connectivity index (χ4n) is 3.29. The van der Waals surface area contributed by atoms with Crippen molar-refractivity contribution in [2.75, 3.05) is 0 Å². The predicted molar refractivity (Wildman–Crippen MR) is 93.7 cm³/mol. The molecule has 5 nitrogen and oxygen atoms in total. The Hall–Kier alpha value is -3.29. The summed E-state index contributed by atoms with van der Waals surface area (Å²) < 4.78 is 42.4. The molecule has 0 saturated heterocycles. The molecule has 27 heavy (non-hydrogen) atoms. The van der Waals surface area contributed by atoms with Crippen molar-refractivity contribution in [3.8, 4) is 0 Å². The zero-order chi connectivity index (χ0) is 19.3. The van der Waals surface area contributed by atoms with Gasteiger partial charge in [-0.2, -0.15) is 18.3 Å². The number of halogens is 3. The van der Waals surface area contributed by atoms with Crippen LogP contribution in [0.1, 0.15) is 21.5 Å². The molecule has 4 aromatic rings. The van der Waals surface area contributed by atoms with Crippen LogP contribution in [0.2, 0.25) is 0 Å². The standard InChI is InChI=1S/C19H14F3N3O2/c1-24-10-15-14-8-12(18(26)27)5-6-16(14)25(17(15)23-24)9-11-3-2-4-13(7-11)19(20,21)22/h2-8,10H,9H2,1H3,(H,26,27). The Morgan fingerprint density at radius 3 is 2.63 bits per heavy atom. The lowest BCUT2D eigenvalue weighted by Crippen LogP contribution is -2.07. The van der Waals surface area contributed by atoms with Gasteiger partial charge in [0.25, 0.3) is 0 Å². The molecule has 0 bridgehead atoms. The molecule has 0 aliphatic heterocycles. The number of rotatable bonds is 3. The van der Waals surface area contributed by atoms with Crippen molar-refractivity contribution in [3.05, 3.63) is 65.4 Å². The van der Waals surface area contributed by atoms with Crippen LogP contribution in [0.15, 0.2) is 48.7 Å². The zero-order valence-electron chi connectivity index (χ0n) is 14.2. The smallest absolute Gasteiger partial charge is 0.416 e. The van der Waals surface area contributed by atoms with Crippen LogP contribution < -0.4 is 0 Å². The highest BCUT2D eigenvalue weighted by molar-refractivity contribution is 6.08. The van der Waals surface area contributed by atoms with Crippen LogP contribution in [-0.4, -0.2) is 25.4 Å². The maximum Gasteiger partial charge on any atom is 0.416 e. The van der Waals surface area contributed by atoms with Gasteiger partial charge in [-0.05, 0) is 35.9 Å². The van der Waals surface area contributed by atoms with Crippen LogP contribution in [0.25, 0.3) is 21.9 Å². The molecule has 4 rings (SSSR count). The first-order chi connectivity index (χ1) is 12.7. The molecule has 0 amide bonds. The van der Waals surface area contributed by atoms with Crippen molar-refractivity contribution < 1.29 is 23.1 Å². The van der Waals surface area contributed by atoms with E-state index >= 15 is 0 Å². The van der Waals surface area contributed by atoms with Crippen LogP contribution in [0.4, 0.5) is 13.2 Å². The monoisotopic (exact) mass is 373 g/mol. The number of carbonyl (C=O) groups is 1. The fourth-order valence-corrected chi connectivity index (χ4v) is 3.29. The van der Waals surface area contributed by atoms with Crippen LogP contribution in [0.5, 0.6) is 0 Å². The number of nitrogens with zero attached hydrogens (tertiary/aromatic N) is 3. The third kappa shape index (κ3) is 2.92. The minimum Gasteiger partial charge on any atom is -0.478 e. The van der Waals surface area contributed by atoms with Crippen molar-refractivity contribution in [2.45, 2.75) is 12.7 Å². The van der Waals surface area contributed by atoms with Gasteiger partial charge in [0, 0.05) is 30.6 Å². The number of fused-ring (bicyclic) bond motifs is 3. The summed E-state index contributed by atoms with van der Waals surface area (Å²) in [5, 5.41) is 15.1. The summed E-state index contributed by atoms with van der Waals surface area (Å²) in [5.41, 5.74) is 1.23. The fraction of sp³-hybridized carbons (Fsp3) is 0.158. The second-order valence-corrected chi connectivity index (χ2v) is 6.36. The molecule has 0 fully saturated rings. The molecule has 0 atom stereocenters. The SMILES string of the molecule is Cn1cc2c3cc(C(=O)O)ccc3n(Cc3cccc(C(F)(F)F)c3)c2n1. The maximum atomic E-state index is 13.0. The van der Waals surface area contributed by atoms with Crippen LogP contribution >= 0.6 is 0 Å². The topological polar surface area (TPSA) is 60.1 Å². The molecular formula is C19H14F3N3O2.